The van der Waals surface area contributed by atoms with Crippen molar-refractivity contribution in [1.82, 2.24) is 5.32 Å². The molecule has 1 saturated heterocycles. The van der Waals surface area contributed by atoms with Gasteiger partial charge in [0.25, 0.3) is 0 Å². The first kappa shape index (κ1) is 17.3. The van der Waals surface area contributed by atoms with Crippen molar-refractivity contribution < 1.29 is 4.74 Å². The maximum absolute atomic E-state index is 5.11. The van der Waals surface area contributed by atoms with Gasteiger partial charge in [0.1, 0.15) is 0 Å². The molecule has 1 N–H and O–H groups in total. The Balaban J connectivity index is -0.000000213. The topological polar surface area (TPSA) is 21.3 Å². The Hall–Kier alpha value is 0.210. The normalized spacial score (nSPS) is 17.5. The van der Waals surface area contributed by atoms with Crippen LogP contribution in [0.4, 0.5) is 0 Å². The molecule has 1 aliphatic rings. The fourth-order valence-electron chi connectivity index (χ4n) is 0.733. The van der Waals surface area contributed by atoms with Gasteiger partial charge in [0.15, 0.2) is 0 Å². The quantitative estimate of drug-likeness (QED) is 0.609. The molecule has 0 saturated carbocycles. The van der Waals surface area contributed by atoms with E-state index in [0.29, 0.717) is 0 Å². The smallest absolute Gasteiger partial charge is 0.0849 e. The molecule has 0 atom stereocenters. The summed E-state index contributed by atoms with van der Waals surface area (Å²) in [4.78, 5) is 0. The zero-order valence-corrected chi connectivity index (χ0v) is 7.66. The Kier molecular flexibility index (Phi) is 20.3. The fraction of sp³-hybridized carbons (Fsp3) is 0.625. The Labute approximate surface area is 77.1 Å². The molecule has 0 spiro atoms. The van der Waals surface area contributed by atoms with Crippen LogP contribution in [0.5, 0.6) is 0 Å². The van der Waals surface area contributed by atoms with Gasteiger partial charge in [-0.3, -0.25) is 0 Å². The van der Waals surface area contributed by atoms with Crippen LogP contribution in [0.1, 0.15) is 12.8 Å². The van der Waals surface area contributed by atoms with E-state index in [4.69, 9.17) is 4.74 Å². The van der Waals surface area contributed by atoms with E-state index < -0.39 is 0 Å². The molecular weight excluding hydrogens is 162 g/mol. The van der Waals surface area contributed by atoms with Crippen molar-refractivity contribution in [2.45, 2.75) is 12.8 Å². The van der Waals surface area contributed by atoms with E-state index >= 15 is 0 Å². The van der Waals surface area contributed by atoms with Crippen LogP contribution in [0.3, 0.4) is 0 Å². The van der Waals surface area contributed by atoms with Crippen LogP contribution in [-0.2, 0) is 4.74 Å². The molecule has 1 aliphatic heterocycles. The van der Waals surface area contributed by atoms with E-state index in [1.807, 2.05) is 6.61 Å². The highest BCUT2D eigenvalue weighted by Gasteiger charge is 1.94. The number of hydrogen-bond acceptors (Lipinski definition) is 2. The lowest BCUT2D eigenvalue weighted by Gasteiger charge is -2.08. The number of halogens is 1. The van der Waals surface area contributed by atoms with Crippen molar-refractivity contribution in [2.75, 3.05) is 19.7 Å². The number of ether oxygens (including phenoxy) is 1. The summed E-state index contributed by atoms with van der Waals surface area (Å²) in [5, 5.41) is 3.28. The first-order valence-electron chi connectivity index (χ1n) is 3.14. The molecule has 1 heterocycles. The predicted octanol–water partition coefficient (Wildman–Crippen LogP) is 1.62. The standard InChI is InChI=1S/C6H12NO.2CH2.ClH/c1-3-7-4-2-6-8-5-1;;;/h5,7H,1-4,6H2;2*1H2;1H. The van der Waals surface area contributed by atoms with Crippen molar-refractivity contribution in [3.8, 4) is 0 Å². The summed E-state index contributed by atoms with van der Waals surface area (Å²) in [6.45, 7) is 4.94. The first-order valence-corrected chi connectivity index (χ1v) is 3.14. The van der Waals surface area contributed by atoms with Gasteiger partial charge in [0, 0.05) is 6.61 Å². The Morgan fingerprint density at radius 3 is 2.64 bits per heavy atom. The highest BCUT2D eigenvalue weighted by atomic mass is 35.5. The third-order valence-electron chi connectivity index (χ3n) is 1.17. The van der Waals surface area contributed by atoms with Crippen LogP contribution in [0.15, 0.2) is 0 Å². The van der Waals surface area contributed by atoms with Crippen LogP contribution in [0, 0.1) is 21.5 Å². The summed E-state index contributed by atoms with van der Waals surface area (Å²) in [7, 11) is 0. The first-order chi connectivity index (χ1) is 4.00. The highest BCUT2D eigenvalue weighted by molar-refractivity contribution is 5.85. The second-order valence-corrected chi connectivity index (χ2v) is 1.93. The molecule has 0 aliphatic carbocycles. The lowest BCUT2D eigenvalue weighted by Crippen LogP contribution is -2.20. The molecule has 0 aromatic heterocycles. The van der Waals surface area contributed by atoms with Crippen LogP contribution < -0.4 is 5.32 Å². The predicted molar refractivity (Wildman–Crippen MR) is 50.3 cm³/mol. The minimum absolute atomic E-state index is 0. The molecular formula is C8H17ClNO. The minimum Gasteiger partial charge on any atom is -0.375 e. The molecule has 0 bridgehead atoms. The molecule has 2 nitrogen and oxygen atoms in total. The van der Waals surface area contributed by atoms with E-state index in [0.717, 1.165) is 32.5 Å². The number of nitrogens with one attached hydrogen (secondary N) is 1. The Morgan fingerprint density at radius 2 is 1.91 bits per heavy atom. The summed E-state index contributed by atoms with van der Waals surface area (Å²) >= 11 is 0. The molecule has 0 aromatic rings. The summed E-state index contributed by atoms with van der Waals surface area (Å²) in [5.41, 5.74) is 0. The molecule has 11 heavy (non-hydrogen) atoms. The maximum atomic E-state index is 5.11. The van der Waals surface area contributed by atoms with Crippen LogP contribution in [0.25, 0.3) is 0 Å². The molecule has 0 aromatic carbocycles. The average molecular weight is 179 g/mol. The van der Waals surface area contributed by atoms with Crippen molar-refractivity contribution in [1.29, 1.82) is 0 Å². The summed E-state index contributed by atoms with van der Waals surface area (Å²) in [5.74, 6) is 0. The SMILES string of the molecule is Cl.[CH2].[CH2].[CH]1CCNCCCO1. The zero-order chi connectivity index (χ0) is 5.66. The summed E-state index contributed by atoms with van der Waals surface area (Å²) in [6, 6.07) is 0. The molecule has 0 unspecified atom stereocenters. The minimum atomic E-state index is 0. The van der Waals surface area contributed by atoms with E-state index in [2.05, 4.69) is 5.32 Å². The number of rotatable bonds is 0. The van der Waals surface area contributed by atoms with E-state index in [9.17, 15) is 0 Å². The average Bonchev–Trinajstić information content (AvgIpc) is 1.62. The van der Waals surface area contributed by atoms with E-state index in [-0.39, 0.29) is 27.3 Å². The monoisotopic (exact) mass is 178 g/mol. The van der Waals surface area contributed by atoms with Gasteiger partial charge in [-0.2, -0.15) is 0 Å². The van der Waals surface area contributed by atoms with Crippen LogP contribution >= 0.6 is 12.4 Å². The van der Waals surface area contributed by atoms with Gasteiger partial charge < -0.3 is 10.1 Å². The van der Waals surface area contributed by atoms with Gasteiger partial charge >= 0.3 is 0 Å². The second-order valence-electron chi connectivity index (χ2n) is 1.93. The Morgan fingerprint density at radius 1 is 1.18 bits per heavy atom. The largest absolute Gasteiger partial charge is 0.375 e. The number of hydrogen-bond donors (Lipinski definition) is 1. The summed E-state index contributed by atoms with van der Waals surface area (Å²) in [6.07, 6.45) is 2.18. The van der Waals surface area contributed by atoms with Crippen molar-refractivity contribution >= 4 is 12.4 Å². The Bertz CT molecular complexity index is 38.1. The zero-order valence-electron chi connectivity index (χ0n) is 6.84. The van der Waals surface area contributed by atoms with E-state index in [1.54, 1.807) is 0 Å². The van der Waals surface area contributed by atoms with Gasteiger partial charge in [-0.25, -0.2) is 0 Å². The van der Waals surface area contributed by atoms with Gasteiger partial charge in [0.2, 0.25) is 0 Å². The van der Waals surface area contributed by atoms with Crippen molar-refractivity contribution in [3.05, 3.63) is 21.5 Å². The fourth-order valence-corrected chi connectivity index (χ4v) is 0.733. The van der Waals surface area contributed by atoms with Crippen LogP contribution in [-0.4, -0.2) is 19.7 Å². The molecule has 5 radical (unpaired) electrons. The van der Waals surface area contributed by atoms with Crippen molar-refractivity contribution in [2.24, 2.45) is 0 Å². The third kappa shape index (κ3) is 10.2. The lowest BCUT2D eigenvalue weighted by atomic mass is 10.4. The van der Waals surface area contributed by atoms with Gasteiger partial charge in [0.05, 0.1) is 6.61 Å². The third-order valence-corrected chi connectivity index (χ3v) is 1.17. The van der Waals surface area contributed by atoms with Crippen molar-refractivity contribution in [3.63, 3.8) is 0 Å². The summed E-state index contributed by atoms with van der Waals surface area (Å²) < 4.78 is 5.11. The van der Waals surface area contributed by atoms with Gasteiger partial charge in [-0.1, -0.05) is 14.9 Å². The molecule has 0 amide bonds. The molecule has 1 fully saturated rings. The highest BCUT2D eigenvalue weighted by Crippen LogP contribution is 1.92. The second kappa shape index (κ2) is 12.8. The molecule has 67 valence electrons. The van der Waals surface area contributed by atoms with Crippen LogP contribution in [0.2, 0.25) is 0 Å². The van der Waals surface area contributed by atoms with Gasteiger partial charge in [-0.05, 0) is 25.9 Å². The molecule has 1 rings (SSSR count). The van der Waals surface area contributed by atoms with E-state index in [1.165, 1.54) is 0 Å². The van der Waals surface area contributed by atoms with Gasteiger partial charge in [-0.15, -0.1) is 12.4 Å². The molecule has 3 heteroatoms. The lowest BCUT2D eigenvalue weighted by molar-refractivity contribution is 0.178. The maximum Gasteiger partial charge on any atom is 0.0849 e.